The summed E-state index contributed by atoms with van der Waals surface area (Å²) in [7, 11) is 0. The van der Waals surface area contributed by atoms with E-state index in [1.165, 1.54) is 60.4 Å². The van der Waals surface area contributed by atoms with Crippen molar-refractivity contribution in [2.24, 2.45) is 0 Å². The lowest BCUT2D eigenvalue weighted by atomic mass is 9.97. The summed E-state index contributed by atoms with van der Waals surface area (Å²) in [5, 5.41) is 3.83. The first-order valence-corrected chi connectivity index (χ1v) is 8.58. The lowest BCUT2D eigenvalue weighted by molar-refractivity contribution is 0.205. The minimum absolute atomic E-state index is 0.436. The van der Waals surface area contributed by atoms with Gasteiger partial charge in [0.1, 0.15) is 0 Å². The van der Waals surface area contributed by atoms with Gasteiger partial charge in [-0.05, 0) is 60.4 Å². The smallest absolute Gasteiger partial charge is 0.0701 e. The van der Waals surface area contributed by atoms with Gasteiger partial charge in [0.05, 0.1) is 3.79 Å². The van der Waals surface area contributed by atoms with E-state index in [0.29, 0.717) is 5.54 Å². The van der Waals surface area contributed by atoms with Crippen molar-refractivity contribution in [3.63, 3.8) is 0 Å². The fourth-order valence-corrected chi connectivity index (χ4v) is 4.92. The summed E-state index contributed by atoms with van der Waals surface area (Å²) in [4.78, 5) is 4.14. The van der Waals surface area contributed by atoms with Gasteiger partial charge in [-0.2, -0.15) is 0 Å². The fourth-order valence-electron chi connectivity index (χ4n) is 3.40. The summed E-state index contributed by atoms with van der Waals surface area (Å²) in [6, 6.07) is 4.43. The Morgan fingerprint density at radius 2 is 2.11 bits per heavy atom. The molecule has 1 aliphatic heterocycles. The molecule has 1 spiro atoms. The molecule has 18 heavy (non-hydrogen) atoms. The molecule has 0 aromatic carbocycles. The van der Waals surface area contributed by atoms with Crippen LogP contribution >= 0.6 is 27.3 Å². The van der Waals surface area contributed by atoms with Gasteiger partial charge < -0.3 is 5.32 Å². The van der Waals surface area contributed by atoms with E-state index in [1.807, 2.05) is 11.3 Å². The van der Waals surface area contributed by atoms with Crippen LogP contribution in [0.2, 0.25) is 0 Å². The lowest BCUT2D eigenvalue weighted by Gasteiger charge is -2.33. The molecule has 1 aliphatic carbocycles. The van der Waals surface area contributed by atoms with Gasteiger partial charge in [-0.3, -0.25) is 4.90 Å². The van der Waals surface area contributed by atoms with Gasteiger partial charge in [-0.25, -0.2) is 0 Å². The minimum Gasteiger partial charge on any atom is -0.310 e. The highest BCUT2D eigenvalue weighted by atomic mass is 79.9. The van der Waals surface area contributed by atoms with Crippen LogP contribution in [0.3, 0.4) is 0 Å². The van der Waals surface area contributed by atoms with E-state index in [9.17, 15) is 0 Å². The second-order valence-electron chi connectivity index (χ2n) is 5.68. The van der Waals surface area contributed by atoms with E-state index in [2.05, 4.69) is 38.3 Å². The Labute approximate surface area is 122 Å². The standard InChI is InChI=1S/C14H21BrN2S/c15-13-5-4-12(18-13)10-17-9-3-8-16-14(11-17)6-1-2-7-14/h4-5,16H,1-3,6-11H2. The molecular weight excluding hydrogens is 308 g/mol. The maximum absolute atomic E-state index is 3.83. The van der Waals surface area contributed by atoms with Crippen LogP contribution in [0.15, 0.2) is 15.9 Å². The van der Waals surface area contributed by atoms with Gasteiger partial charge in [0.2, 0.25) is 0 Å². The van der Waals surface area contributed by atoms with E-state index in [1.54, 1.807) is 0 Å². The zero-order chi connectivity index (χ0) is 12.4. The molecule has 2 fully saturated rings. The van der Waals surface area contributed by atoms with Crippen molar-refractivity contribution in [2.75, 3.05) is 19.6 Å². The molecular formula is C14H21BrN2S. The van der Waals surface area contributed by atoms with Crippen molar-refractivity contribution < 1.29 is 0 Å². The Morgan fingerprint density at radius 1 is 1.28 bits per heavy atom. The summed E-state index contributed by atoms with van der Waals surface area (Å²) < 4.78 is 1.25. The van der Waals surface area contributed by atoms with E-state index in [0.717, 1.165) is 6.54 Å². The molecule has 2 aliphatic rings. The van der Waals surface area contributed by atoms with Gasteiger partial charge in [0, 0.05) is 23.5 Å². The number of halogens is 1. The summed E-state index contributed by atoms with van der Waals surface area (Å²) in [5.74, 6) is 0. The molecule has 4 heteroatoms. The quantitative estimate of drug-likeness (QED) is 0.891. The fraction of sp³-hybridized carbons (Fsp3) is 0.714. The van der Waals surface area contributed by atoms with Crippen LogP contribution in [0, 0.1) is 0 Å². The zero-order valence-electron chi connectivity index (χ0n) is 10.8. The Hall–Kier alpha value is 0.1000. The first kappa shape index (κ1) is 13.1. The number of hydrogen-bond acceptors (Lipinski definition) is 3. The third-order valence-electron chi connectivity index (χ3n) is 4.25. The molecule has 1 saturated carbocycles. The Balaban J connectivity index is 1.67. The van der Waals surface area contributed by atoms with E-state index >= 15 is 0 Å². The number of thiophene rings is 1. The van der Waals surface area contributed by atoms with Crippen molar-refractivity contribution >= 4 is 27.3 Å². The SMILES string of the molecule is Brc1ccc(CN2CCCNC3(CCCC3)C2)s1. The van der Waals surface area contributed by atoms with E-state index < -0.39 is 0 Å². The van der Waals surface area contributed by atoms with Gasteiger partial charge in [-0.1, -0.05) is 12.8 Å². The number of rotatable bonds is 2. The van der Waals surface area contributed by atoms with Crippen molar-refractivity contribution in [2.45, 2.75) is 44.2 Å². The average molecular weight is 329 g/mol. The summed E-state index contributed by atoms with van der Waals surface area (Å²) >= 11 is 5.43. The molecule has 1 aromatic heterocycles. The molecule has 100 valence electrons. The van der Waals surface area contributed by atoms with Crippen LogP contribution in [0.5, 0.6) is 0 Å². The minimum atomic E-state index is 0.436. The Kier molecular flexibility index (Phi) is 4.09. The van der Waals surface area contributed by atoms with Crippen LogP contribution in [-0.4, -0.2) is 30.1 Å². The molecule has 1 saturated heterocycles. The predicted molar refractivity (Wildman–Crippen MR) is 81.1 cm³/mol. The van der Waals surface area contributed by atoms with Gasteiger partial charge >= 0.3 is 0 Å². The molecule has 0 amide bonds. The highest BCUT2D eigenvalue weighted by molar-refractivity contribution is 9.11. The van der Waals surface area contributed by atoms with Crippen LogP contribution in [0.1, 0.15) is 37.0 Å². The second-order valence-corrected chi connectivity index (χ2v) is 8.23. The topological polar surface area (TPSA) is 15.3 Å². The molecule has 1 aromatic rings. The van der Waals surface area contributed by atoms with Gasteiger partial charge in [0.25, 0.3) is 0 Å². The normalized spacial score (nSPS) is 24.5. The highest BCUT2D eigenvalue weighted by Crippen LogP contribution is 2.32. The van der Waals surface area contributed by atoms with Crippen molar-refractivity contribution in [3.05, 3.63) is 20.8 Å². The average Bonchev–Trinajstić information content (AvgIpc) is 2.89. The largest absolute Gasteiger partial charge is 0.310 e. The van der Waals surface area contributed by atoms with Crippen molar-refractivity contribution in [1.29, 1.82) is 0 Å². The van der Waals surface area contributed by atoms with Crippen LogP contribution < -0.4 is 5.32 Å². The second kappa shape index (κ2) is 5.61. The summed E-state index contributed by atoms with van der Waals surface area (Å²) in [6.45, 7) is 4.80. The first-order chi connectivity index (χ1) is 8.76. The lowest BCUT2D eigenvalue weighted by Crippen LogP contribution is -2.49. The van der Waals surface area contributed by atoms with E-state index in [-0.39, 0.29) is 0 Å². The van der Waals surface area contributed by atoms with Crippen LogP contribution in [-0.2, 0) is 6.54 Å². The molecule has 3 rings (SSSR count). The maximum atomic E-state index is 3.83. The number of hydrogen-bond donors (Lipinski definition) is 1. The summed E-state index contributed by atoms with van der Waals surface area (Å²) in [6.07, 6.45) is 6.85. The summed E-state index contributed by atoms with van der Waals surface area (Å²) in [5.41, 5.74) is 0.436. The molecule has 0 atom stereocenters. The van der Waals surface area contributed by atoms with Crippen molar-refractivity contribution in [3.8, 4) is 0 Å². The number of nitrogens with one attached hydrogen (secondary N) is 1. The van der Waals surface area contributed by atoms with Crippen LogP contribution in [0.25, 0.3) is 0 Å². The number of nitrogens with zero attached hydrogens (tertiary/aromatic N) is 1. The van der Waals surface area contributed by atoms with Gasteiger partial charge in [0.15, 0.2) is 0 Å². The first-order valence-electron chi connectivity index (χ1n) is 6.97. The maximum Gasteiger partial charge on any atom is 0.0701 e. The third-order valence-corrected chi connectivity index (χ3v) is 5.85. The van der Waals surface area contributed by atoms with Gasteiger partial charge in [-0.15, -0.1) is 11.3 Å². The molecule has 0 unspecified atom stereocenters. The predicted octanol–water partition coefficient (Wildman–Crippen LogP) is 3.62. The Morgan fingerprint density at radius 3 is 2.83 bits per heavy atom. The third kappa shape index (κ3) is 2.98. The van der Waals surface area contributed by atoms with Crippen LogP contribution in [0.4, 0.5) is 0 Å². The Bertz CT molecular complexity index is 398. The molecule has 2 nitrogen and oxygen atoms in total. The van der Waals surface area contributed by atoms with Crippen molar-refractivity contribution in [1.82, 2.24) is 10.2 Å². The molecule has 1 N–H and O–H groups in total. The molecule has 2 heterocycles. The molecule has 0 radical (unpaired) electrons. The highest BCUT2D eigenvalue weighted by Gasteiger charge is 2.36. The zero-order valence-corrected chi connectivity index (χ0v) is 13.2. The molecule has 0 bridgehead atoms. The van der Waals surface area contributed by atoms with E-state index in [4.69, 9.17) is 0 Å². The monoisotopic (exact) mass is 328 g/mol.